The van der Waals surface area contributed by atoms with Gasteiger partial charge in [-0.15, -0.1) is 0 Å². The monoisotopic (exact) mass is 425 g/mol. The number of rotatable bonds is 3. The summed E-state index contributed by atoms with van der Waals surface area (Å²) < 4.78 is 11.1. The average Bonchev–Trinajstić information content (AvgIpc) is 2.74. The van der Waals surface area contributed by atoms with Crippen molar-refractivity contribution in [3.63, 3.8) is 0 Å². The van der Waals surface area contributed by atoms with Crippen molar-refractivity contribution in [2.75, 3.05) is 6.54 Å². The molecule has 2 saturated heterocycles. The largest absolute Gasteiger partial charge is 0.479 e. The lowest BCUT2D eigenvalue weighted by atomic mass is 9.53. The van der Waals surface area contributed by atoms with E-state index in [0.29, 0.717) is 17.7 Å². The minimum atomic E-state index is -1.73. The molecule has 8 heteroatoms. The van der Waals surface area contributed by atoms with E-state index in [1.807, 2.05) is 12.1 Å². The van der Waals surface area contributed by atoms with Crippen molar-refractivity contribution in [2.24, 2.45) is 5.92 Å². The van der Waals surface area contributed by atoms with Crippen molar-refractivity contribution in [1.82, 2.24) is 5.32 Å². The highest BCUT2D eigenvalue weighted by molar-refractivity contribution is 5.73. The van der Waals surface area contributed by atoms with Gasteiger partial charge in [0.15, 0.2) is 6.10 Å². The highest BCUT2D eigenvalue weighted by Crippen LogP contribution is 2.54. The van der Waals surface area contributed by atoms with Gasteiger partial charge in [0, 0.05) is 11.5 Å². The summed E-state index contributed by atoms with van der Waals surface area (Å²) in [5.74, 6) is -0.342. The van der Waals surface area contributed by atoms with Crippen LogP contribution in [0, 0.1) is 5.92 Å². The molecule has 2 aliphatic heterocycles. The van der Waals surface area contributed by atoms with E-state index in [4.69, 9.17) is 9.47 Å². The summed E-state index contributed by atoms with van der Waals surface area (Å²) in [6.07, 6.45) is -1.10. The Labute approximate surface area is 174 Å². The van der Waals surface area contributed by atoms with E-state index < -0.39 is 36.7 Å². The van der Waals surface area contributed by atoms with Crippen LogP contribution in [0.4, 0.5) is 0 Å². The first kappa shape index (κ1) is 20.2. The minimum Gasteiger partial charge on any atom is -0.479 e. The Morgan fingerprint density at radius 1 is 1.13 bits per heavy atom. The Morgan fingerprint density at radius 3 is 2.77 bits per heavy atom. The van der Waals surface area contributed by atoms with Gasteiger partial charge in [0.2, 0.25) is 6.29 Å². The fourth-order valence-electron chi connectivity index (χ4n) is 6.26. The zero-order chi connectivity index (χ0) is 21.0. The van der Waals surface area contributed by atoms with Gasteiger partial charge in [0.05, 0.1) is 0 Å². The molecule has 1 aromatic carbocycles. The Balaban J connectivity index is 1.44. The molecule has 5 rings (SSSR count). The second kappa shape index (κ2) is 7.46. The molecule has 30 heavy (non-hydrogen) atoms. The summed E-state index contributed by atoms with van der Waals surface area (Å²) in [7, 11) is 0. The standard InChI is InChI=1S/C22H29NO7/c24-16-17(25)19(20(27)28)30-21(18(16)26)29-12-5-4-11-9-15-13-3-1-2-6-22(13,7-8-23-15)14(11)10-12/h4-5,10,13,15-19,21,23-26H,1-3,6-9H2,(H,27,28)/t13-,15+,16-,17-,18+,19-,21+,22+/m0/s1/i16+1,17+1,18+1,19+1,20+1,21+1. The molecule has 1 aromatic rings. The summed E-state index contributed by atoms with van der Waals surface area (Å²) in [5, 5.41) is 43.1. The van der Waals surface area contributed by atoms with Crippen molar-refractivity contribution in [3.8, 4) is 5.75 Å². The summed E-state index contributed by atoms with van der Waals surface area (Å²) in [6.45, 7) is 1.00. The number of nitrogens with one attached hydrogen (secondary N) is 1. The second-order valence-corrected chi connectivity index (χ2v) is 9.20. The van der Waals surface area contributed by atoms with Crippen LogP contribution >= 0.6 is 0 Å². The fourth-order valence-corrected chi connectivity index (χ4v) is 6.26. The molecule has 1 saturated carbocycles. The number of aliphatic hydroxyl groups is 3. The molecule has 4 aliphatic rings. The summed E-state index contributed by atoms with van der Waals surface area (Å²) in [4.78, 5) is 11.3. The zero-order valence-electron chi connectivity index (χ0n) is 16.7. The minimum absolute atomic E-state index is 0.131. The number of aliphatic carboxylic acids is 1. The predicted octanol–water partition coefficient (Wildman–Crippen LogP) is 0.304. The molecule has 5 N–H and O–H groups in total. The van der Waals surface area contributed by atoms with Crippen molar-refractivity contribution in [3.05, 3.63) is 29.3 Å². The number of benzene rings is 1. The van der Waals surface area contributed by atoms with E-state index in [0.717, 1.165) is 25.8 Å². The molecule has 8 atom stereocenters. The third-order valence-corrected chi connectivity index (χ3v) is 7.68. The lowest BCUT2D eigenvalue weighted by Gasteiger charge is -2.56. The Kier molecular flexibility index (Phi) is 5.02. The molecule has 0 amide bonds. The molecule has 0 spiro atoms. The van der Waals surface area contributed by atoms with Gasteiger partial charge in [-0.1, -0.05) is 18.9 Å². The third-order valence-electron chi connectivity index (χ3n) is 7.68. The Morgan fingerprint density at radius 2 is 1.97 bits per heavy atom. The molecule has 3 fully saturated rings. The van der Waals surface area contributed by atoms with Crippen LogP contribution in [0.15, 0.2) is 18.2 Å². The first-order valence-corrected chi connectivity index (χ1v) is 10.9. The van der Waals surface area contributed by atoms with Gasteiger partial charge in [-0.25, -0.2) is 4.79 Å². The normalized spacial score (nSPS) is 42.7. The van der Waals surface area contributed by atoms with E-state index in [2.05, 4.69) is 5.32 Å². The van der Waals surface area contributed by atoms with Gasteiger partial charge in [-0.2, -0.15) is 0 Å². The van der Waals surface area contributed by atoms with E-state index in [1.54, 1.807) is 6.07 Å². The van der Waals surface area contributed by atoms with Gasteiger partial charge < -0.3 is 35.2 Å². The molecular formula is C22H29NO7. The van der Waals surface area contributed by atoms with Crippen LogP contribution in [0.2, 0.25) is 0 Å². The second-order valence-electron chi connectivity index (χ2n) is 9.20. The maximum atomic E-state index is 11.3. The number of carboxylic acid groups (broad SMARTS) is 1. The molecule has 0 aromatic heterocycles. The summed E-state index contributed by atoms with van der Waals surface area (Å²) >= 11 is 0. The zero-order valence-corrected chi connectivity index (χ0v) is 16.7. The number of carbonyl (C=O) groups is 1. The lowest BCUT2D eigenvalue weighted by Crippen LogP contribution is -2.61. The molecule has 0 unspecified atom stereocenters. The highest BCUT2D eigenvalue weighted by atomic mass is 16.9. The van der Waals surface area contributed by atoms with Crippen LogP contribution in [0.5, 0.6) is 5.75 Å². The smallest absolute Gasteiger partial charge is 0.335 e. The molecule has 8 nitrogen and oxygen atoms in total. The first-order chi connectivity index (χ1) is 14.4. The van der Waals surface area contributed by atoms with Crippen LogP contribution in [0.3, 0.4) is 0 Å². The van der Waals surface area contributed by atoms with Crippen LogP contribution in [-0.4, -0.2) is 69.7 Å². The SMILES string of the molecule is O=[13C](O)[13C@H]1O[13C@@H](Oc2ccc3c(c2)[C@@]24CCCC[C@H]2[C@@H](C3)NCC4)[13C@H](O)[13C@@H](O)[13C@@H]1O. The van der Waals surface area contributed by atoms with Gasteiger partial charge in [0.1, 0.15) is 24.1 Å². The number of piperidine rings is 1. The number of ether oxygens (including phenoxy) is 2. The van der Waals surface area contributed by atoms with Gasteiger partial charge in [0.25, 0.3) is 0 Å². The number of hydrogen-bond acceptors (Lipinski definition) is 7. The molecule has 2 bridgehead atoms. The molecule has 2 aliphatic carbocycles. The van der Waals surface area contributed by atoms with E-state index in [1.165, 1.54) is 30.4 Å². The molecule has 2 heterocycles. The van der Waals surface area contributed by atoms with Crippen molar-refractivity contribution < 1.29 is 34.7 Å². The lowest BCUT2D eigenvalue weighted by molar-refractivity contribution is -0.271. The van der Waals surface area contributed by atoms with E-state index >= 15 is 0 Å². The van der Waals surface area contributed by atoms with Crippen LogP contribution in [-0.2, 0) is 21.4 Å². The molecule has 164 valence electrons. The van der Waals surface area contributed by atoms with Crippen LogP contribution in [0.1, 0.15) is 43.2 Å². The molecule has 0 radical (unpaired) electrons. The Bertz CT molecular complexity index is 828. The van der Waals surface area contributed by atoms with Crippen molar-refractivity contribution in [1.29, 1.82) is 0 Å². The number of aliphatic hydroxyl groups excluding tert-OH is 3. The van der Waals surface area contributed by atoms with E-state index in [-0.39, 0.29) is 5.41 Å². The maximum Gasteiger partial charge on any atom is 0.335 e. The topological polar surface area (TPSA) is 128 Å². The van der Waals surface area contributed by atoms with Gasteiger partial charge in [-0.05, 0) is 61.4 Å². The third kappa shape index (κ3) is 3.05. The quantitative estimate of drug-likeness (QED) is 0.438. The molecular weight excluding hydrogens is 396 g/mol. The Hall–Kier alpha value is -1.71. The number of fused-ring (bicyclic) bond motifs is 1. The van der Waals surface area contributed by atoms with Gasteiger partial charge in [-0.3, -0.25) is 0 Å². The van der Waals surface area contributed by atoms with Crippen molar-refractivity contribution in [2.45, 2.75) is 80.7 Å². The highest BCUT2D eigenvalue weighted by Gasteiger charge is 2.52. The summed E-state index contributed by atoms with van der Waals surface area (Å²) in [5.41, 5.74) is 2.73. The predicted molar refractivity (Wildman–Crippen MR) is 105 cm³/mol. The van der Waals surface area contributed by atoms with Crippen LogP contribution in [0.25, 0.3) is 0 Å². The van der Waals surface area contributed by atoms with E-state index in [9.17, 15) is 25.2 Å². The van der Waals surface area contributed by atoms with Crippen LogP contribution < -0.4 is 10.1 Å². The number of carboxylic acids is 1. The number of hydrogen-bond donors (Lipinski definition) is 5. The summed E-state index contributed by atoms with van der Waals surface area (Å²) in [6, 6.07) is 6.37. The first-order valence-electron chi connectivity index (χ1n) is 10.9. The average molecular weight is 425 g/mol. The fraction of sp³-hybridized carbons (Fsp3) is 0.682. The van der Waals surface area contributed by atoms with Gasteiger partial charge >= 0.3 is 5.97 Å². The van der Waals surface area contributed by atoms with Crippen molar-refractivity contribution >= 4 is 5.97 Å². The maximum absolute atomic E-state index is 11.3.